The third kappa shape index (κ3) is 7.64. The number of carbonyl (C=O) groups excluding carboxylic acids is 2. The van der Waals surface area contributed by atoms with E-state index in [1.807, 2.05) is 93.6 Å². The molecule has 0 saturated carbocycles. The van der Waals surface area contributed by atoms with Gasteiger partial charge in [-0.3, -0.25) is 9.59 Å². The maximum absolute atomic E-state index is 13.6. The van der Waals surface area contributed by atoms with Gasteiger partial charge in [-0.2, -0.15) is 0 Å². The average molecular weight is 495 g/mol. The van der Waals surface area contributed by atoms with Crippen molar-refractivity contribution in [3.05, 3.63) is 101 Å². The van der Waals surface area contributed by atoms with Gasteiger partial charge in [0.05, 0.1) is 5.75 Å². The molecule has 0 aliphatic heterocycles. The largest absolute Gasteiger partial charge is 0.352 e. The molecule has 3 aromatic carbocycles. The van der Waals surface area contributed by atoms with Crippen LogP contribution in [0.5, 0.6) is 0 Å². The summed E-state index contributed by atoms with van der Waals surface area (Å²) < 4.78 is 0. The van der Waals surface area contributed by atoms with E-state index < -0.39 is 6.04 Å². The molecule has 34 heavy (non-hydrogen) atoms. The Bertz CT molecular complexity index is 1090. The second kappa shape index (κ2) is 12.6. The quantitative estimate of drug-likeness (QED) is 0.357. The monoisotopic (exact) mass is 494 g/mol. The molecule has 0 aromatic heterocycles. The van der Waals surface area contributed by atoms with Crippen molar-refractivity contribution in [2.45, 2.75) is 50.7 Å². The van der Waals surface area contributed by atoms with Crippen molar-refractivity contribution >= 4 is 35.2 Å². The predicted octanol–water partition coefficient (Wildman–Crippen LogP) is 5.91. The zero-order chi connectivity index (χ0) is 24.5. The average Bonchev–Trinajstić information content (AvgIpc) is 2.82. The normalized spacial score (nSPS) is 11.8. The number of carbonyl (C=O) groups is 2. The number of benzene rings is 3. The maximum Gasteiger partial charge on any atom is 0.243 e. The number of aryl methyl sites for hydroxylation is 1. The first-order valence-electron chi connectivity index (χ1n) is 11.4. The first-order chi connectivity index (χ1) is 16.3. The van der Waals surface area contributed by atoms with Crippen LogP contribution in [-0.2, 0) is 22.6 Å². The number of halogens is 1. The highest BCUT2D eigenvalue weighted by Crippen LogP contribution is 2.23. The van der Waals surface area contributed by atoms with Gasteiger partial charge in [0.25, 0.3) is 0 Å². The van der Waals surface area contributed by atoms with Crippen molar-refractivity contribution < 1.29 is 9.59 Å². The van der Waals surface area contributed by atoms with E-state index in [9.17, 15) is 9.59 Å². The Balaban J connectivity index is 1.91. The van der Waals surface area contributed by atoms with E-state index in [0.717, 1.165) is 16.0 Å². The zero-order valence-electron chi connectivity index (χ0n) is 19.8. The second-order valence-corrected chi connectivity index (χ2v) is 10.0. The van der Waals surface area contributed by atoms with Crippen molar-refractivity contribution in [3.8, 4) is 0 Å². The van der Waals surface area contributed by atoms with E-state index in [0.29, 0.717) is 11.4 Å². The van der Waals surface area contributed by atoms with Crippen LogP contribution < -0.4 is 5.32 Å². The molecule has 3 aromatic rings. The van der Waals surface area contributed by atoms with Crippen molar-refractivity contribution in [1.82, 2.24) is 10.2 Å². The van der Waals surface area contributed by atoms with E-state index in [1.54, 1.807) is 11.0 Å². The van der Waals surface area contributed by atoms with E-state index in [2.05, 4.69) is 5.32 Å². The molecule has 1 unspecified atom stereocenters. The minimum Gasteiger partial charge on any atom is -0.352 e. The number of rotatable bonds is 10. The van der Waals surface area contributed by atoms with E-state index in [1.165, 1.54) is 17.3 Å². The van der Waals surface area contributed by atoms with Gasteiger partial charge in [0.1, 0.15) is 6.04 Å². The van der Waals surface area contributed by atoms with Gasteiger partial charge in [0, 0.05) is 28.9 Å². The highest BCUT2D eigenvalue weighted by atomic mass is 35.5. The summed E-state index contributed by atoms with van der Waals surface area (Å²) in [5.41, 5.74) is 2.98. The zero-order valence-corrected chi connectivity index (χ0v) is 21.4. The second-order valence-electron chi connectivity index (χ2n) is 8.58. The Morgan fingerprint density at radius 1 is 0.941 bits per heavy atom. The molecule has 6 heteroatoms. The SMILES string of the molecule is Cc1ccc(SCC(=O)N(Cc2ccccc2Cl)C(Cc2ccccc2)C(=O)NC(C)C)cc1. The van der Waals surface area contributed by atoms with Crippen molar-refractivity contribution in [3.63, 3.8) is 0 Å². The van der Waals surface area contributed by atoms with Crippen LogP contribution >= 0.6 is 23.4 Å². The van der Waals surface area contributed by atoms with Crippen LogP contribution in [0, 0.1) is 6.92 Å². The number of hydrogen-bond donors (Lipinski definition) is 1. The molecule has 0 spiro atoms. The molecule has 1 N–H and O–H groups in total. The minimum atomic E-state index is -0.660. The van der Waals surface area contributed by atoms with Crippen LogP contribution in [0.3, 0.4) is 0 Å². The molecule has 0 heterocycles. The van der Waals surface area contributed by atoms with Gasteiger partial charge in [0.2, 0.25) is 11.8 Å². The summed E-state index contributed by atoms with van der Waals surface area (Å²) in [6.07, 6.45) is 0.421. The standard InChI is InChI=1S/C28H31ClN2O2S/c1-20(2)30-28(33)26(17-22-9-5-4-6-10-22)31(18-23-11-7-8-12-25(23)29)27(32)19-34-24-15-13-21(3)14-16-24/h4-16,20,26H,17-19H2,1-3H3,(H,30,33). The Hall–Kier alpha value is -2.76. The third-order valence-electron chi connectivity index (χ3n) is 5.38. The summed E-state index contributed by atoms with van der Waals surface area (Å²) in [5.74, 6) is -0.0433. The van der Waals surface area contributed by atoms with Crippen LogP contribution in [0.4, 0.5) is 0 Å². The lowest BCUT2D eigenvalue weighted by molar-refractivity contribution is -0.139. The Morgan fingerprint density at radius 2 is 1.59 bits per heavy atom. The fourth-order valence-electron chi connectivity index (χ4n) is 3.61. The summed E-state index contributed by atoms with van der Waals surface area (Å²) in [6, 6.07) is 24.6. The summed E-state index contributed by atoms with van der Waals surface area (Å²) in [7, 11) is 0. The summed E-state index contributed by atoms with van der Waals surface area (Å²) >= 11 is 7.92. The molecule has 0 bridgehead atoms. The van der Waals surface area contributed by atoms with Crippen LogP contribution in [0.1, 0.15) is 30.5 Å². The molecule has 0 aliphatic rings. The summed E-state index contributed by atoms with van der Waals surface area (Å²) in [6.45, 7) is 6.14. The van der Waals surface area contributed by atoms with Crippen molar-refractivity contribution in [2.75, 3.05) is 5.75 Å². The van der Waals surface area contributed by atoms with E-state index >= 15 is 0 Å². The molecule has 2 amide bonds. The highest BCUT2D eigenvalue weighted by Gasteiger charge is 2.31. The first kappa shape index (κ1) is 25.9. The molecule has 1 atom stereocenters. The van der Waals surface area contributed by atoms with Gasteiger partial charge in [-0.1, -0.05) is 77.8 Å². The molecule has 3 rings (SSSR count). The lowest BCUT2D eigenvalue weighted by Gasteiger charge is -2.32. The van der Waals surface area contributed by atoms with Gasteiger partial charge in [-0.25, -0.2) is 0 Å². The Kier molecular flexibility index (Phi) is 9.61. The molecule has 0 fully saturated rings. The molecule has 178 valence electrons. The molecular weight excluding hydrogens is 464 g/mol. The van der Waals surface area contributed by atoms with Gasteiger partial charge < -0.3 is 10.2 Å². The summed E-state index contributed by atoms with van der Waals surface area (Å²) in [4.78, 5) is 29.6. The summed E-state index contributed by atoms with van der Waals surface area (Å²) in [5, 5.41) is 3.58. The van der Waals surface area contributed by atoms with Crippen LogP contribution in [0.25, 0.3) is 0 Å². The van der Waals surface area contributed by atoms with E-state index in [-0.39, 0.29) is 30.2 Å². The van der Waals surface area contributed by atoms with Crippen LogP contribution in [0.15, 0.2) is 83.8 Å². The molecule has 0 aliphatic carbocycles. The molecule has 4 nitrogen and oxygen atoms in total. The first-order valence-corrected chi connectivity index (χ1v) is 12.8. The molecular formula is C28H31ClN2O2S. The van der Waals surface area contributed by atoms with E-state index in [4.69, 9.17) is 11.6 Å². The predicted molar refractivity (Wildman–Crippen MR) is 141 cm³/mol. The fourth-order valence-corrected chi connectivity index (χ4v) is 4.59. The van der Waals surface area contributed by atoms with Gasteiger partial charge in [-0.05, 0) is 50.1 Å². The van der Waals surface area contributed by atoms with Gasteiger partial charge in [-0.15, -0.1) is 11.8 Å². The highest BCUT2D eigenvalue weighted by molar-refractivity contribution is 8.00. The van der Waals surface area contributed by atoms with Crippen LogP contribution in [0.2, 0.25) is 5.02 Å². The lowest BCUT2D eigenvalue weighted by Crippen LogP contribution is -2.52. The number of hydrogen-bond acceptors (Lipinski definition) is 3. The van der Waals surface area contributed by atoms with Crippen molar-refractivity contribution in [2.24, 2.45) is 0 Å². The number of amides is 2. The van der Waals surface area contributed by atoms with Crippen molar-refractivity contribution in [1.29, 1.82) is 0 Å². The van der Waals surface area contributed by atoms with Crippen LogP contribution in [-0.4, -0.2) is 34.6 Å². The molecule has 0 radical (unpaired) electrons. The number of thioether (sulfide) groups is 1. The topological polar surface area (TPSA) is 49.4 Å². The smallest absolute Gasteiger partial charge is 0.243 e. The number of nitrogens with zero attached hydrogens (tertiary/aromatic N) is 1. The fraction of sp³-hybridized carbons (Fsp3) is 0.286. The maximum atomic E-state index is 13.6. The lowest BCUT2D eigenvalue weighted by atomic mass is 10.0. The minimum absolute atomic E-state index is 0.0371. The number of nitrogens with one attached hydrogen (secondary N) is 1. The van der Waals surface area contributed by atoms with Gasteiger partial charge in [0.15, 0.2) is 0 Å². The van der Waals surface area contributed by atoms with Gasteiger partial charge >= 0.3 is 0 Å². The molecule has 0 saturated heterocycles. The Labute approximate surface area is 211 Å². The Morgan fingerprint density at radius 3 is 2.24 bits per heavy atom. The third-order valence-corrected chi connectivity index (χ3v) is 6.75.